The van der Waals surface area contributed by atoms with Crippen LogP contribution in [0.25, 0.3) is 0 Å². The van der Waals surface area contributed by atoms with Crippen LogP contribution in [-0.2, 0) is 13.0 Å². The molecule has 0 bridgehead atoms. The lowest BCUT2D eigenvalue weighted by molar-refractivity contribution is 0.372. The summed E-state index contributed by atoms with van der Waals surface area (Å²) in [5.74, 6) is 2.86. The summed E-state index contributed by atoms with van der Waals surface area (Å²) in [6, 6.07) is 4.06. The van der Waals surface area contributed by atoms with E-state index in [1.807, 2.05) is 31.3 Å². The van der Waals surface area contributed by atoms with Gasteiger partial charge in [0.15, 0.2) is 5.96 Å². The number of nitrogens with zero attached hydrogens (tertiary/aromatic N) is 7. The fourth-order valence-corrected chi connectivity index (χ4v) is 3.97. The van der Waals surface area contributed by atoms with Gasteiger partial charge in [-0.05, 0) is 13.0 Å². The summed E-state index contributed by atoms with van der Waals surface area (Å²) in [4.78, 5) is 20.7. The maximum absolute atomic E-state index is 4.89. The maximum Gasteiger partial charge on any atom is 0.205 e. The SMILES string of the molecule is CCNC(=NCc1cccnc1N(C)C)N1CCN(c2nc(CC)ns2)CC1. The highest BCUT2D eigenvalue weighted by atomic mass is 32.1. The van der Waals surface area contributed by atoms with E-state index in [1.165, 1.54) is 11.5 Å². The van der Waals surface area contributed by atoms with Crippen LogP contribution in [0.2, 0.25) is 0 Å². The van der Waals surface area contributed by atoms with E-state index in [-0.39, 0.29) is 0 Å². The van der Waals surface area contributed by atoms with Crippen molar-refractivity contribution in [2.45, 2.75) is 26.8 Å². The quantitative estimate of drug-likeness (QED) is 0.584. The minimum absolute atomic E-state index is 0.611. The maximum atomic E-state index is 4.89. The fourth-order valence-electron chi connectivity index (χ4n) is 3.17. The Morgan fingerprint density at radius 1 is 1.25 bits per heavy atom. The zero-order valence-electron chi connectivity index (χ0n) is 17.2. The number of hydrogen-bond donors (Lipinski definition) is 1. The topological polar surface area (TPSA) is 72.8 Å². The molecule has 2 aromatic rings. The Balaban J connectivity index is 1.65. The van der Waals surface area contributed by atoms with E-state index >= 15 is 0 Å². The van der Waals surface area contributed by atoms with Gasteiger partial charge in [-0.25, -0.2) is 15.0 Å². The summed E-state index contributed by atoms with van der Waals surface area (Å²) in [5.41, 5.74) is 1.13. The first kappa shape index (κ1) is 20.3. The van der Waals surface area contributed by atoms with E-state index in [2.05, 4.69) is 49.4 Å². The summed E-state index contributed by atoms with van der Waals surface area (Å²) in [7, 11) is 4.02. The molecule has 9 heteroatoms. The second-order valence-electron chi connectivity index (χ2n) is 6.87. The molecule has 0 aromatic carbocycles. The van der Waals surface area contributed by atoms with Crippen LogP contribution in [0.15, 0.2) is 23.3 Å². The van der Waals surface area contributed by atoms with Crippen molar-refractivity contribution in [1.82, 2.24) is 24.6 Å². The number of pyridine rings is 1. The van der Waals surface area contributed by atoms with Crippen molar-refractivity contribution in [2.24, 2.45) is 4.99 Å². The van der Waals surface area contributed by atoms with Crippen molar-refractivity contribution in [3.8, 4) is 0 Å². The van der Waals surface area contributed by atoms with Crippen LogP contribution in [0.1, 0.15) is 25.2 Å². The molecule has 3 heterocycles. The Bertz CT molecular complexity index is 780. The van der Waals surface area contributed by atoms with Crippen molar-refractivity contribution >= 4 is 28.4 Å². The number of aryl methyl sites for hydroxylation is 1. The summed E-state index contributed by atoms with van der Waals surface area (Å²) in [6.45, 7) is 9.35. The van der Waals surface area contributed by atoms with E-state index in [0.717, 1.165) is 67.4 Å². The molecule has 0 amide bonds. The molecule has 0 aliphatic carbocycles. The molecule has 1 fully saturated rings. The van der Waals surface area contributed by atoms with Crippen LogP contribution in [-0.4, -0.2) is 72.0 Å². The number of aliphatic imine (C=N–C) groups is 1. The number of rotatable bonds is 6. The van der Waals surface area contributed by atoms with Crippen molar-refractivity contribution in [3.63, 3.8) is 0 Å². The van der Waals surface area contributed by atoms with Gasteiger partial charge >= 0.3 is 0 Å². The van der Waals surface area contributed by atoms with Crippen LogP contribution >= 0.6 is 11.5 Å². The van der Waals surface area contributed by atoms with Crippen LogP contribution < -0.4 is 15.1 Å². The lowest BCUT2D eigenvalue weighted by Crippen LogP contribution is -2.52. The van der Waals surface area contributed by atoms with Crippen LogP contribution in [0.4, 0.5) is 10.9 Å². The van der Waals surface area contributed by atoms with Gasteiger partial charge in [-0.15, -0.1) is 0 Å². The first-order valence-corrected chi connectivity index (χ1v) is 10.6. The lowest BCUT2D eigenvalue weighted by atomic mass is 10.2. The van der Waals surface area contributed by atoms with Crippen LogP contribution in [0.3, 0.4) is 0 Å². The van der Waals surface area contributed by atoms with E-state index in [0.29, 0.717) is 6.54 Å². The molecule has 0 unspecified atom stereocenters. The van der Waals surface area contributed by atoms with Gasteiger partial charge < -0.3 is 20.0 Å². The molecule has 152 valence electrons. The minimum atomic E-state index is 0.611. The van der Waals surface area contributed by atoms with E-state index < -0.39 is 0 Å². The number of nitrogens with one attached hydrogen (secondary N) is 1. The normalized spacial score (nSPS) is 15.1. The van der Waals surface area contributed by atoms with Gasteiger partial charge in [0.2, 0.25) is 5.13 Å². The van der Waals surface area contributed by atoms with Gasteiger partial charge in [-0.3, -0.25) is 0 Å². The average Bonchev–Trinajstić information content (AvgIpc) is 3.21. The molecule has 0 radical (unpaired) electrons. The zero-order valence-corrected chi connectivity index (χ0v) is 18.0. The highest BCUT2D eigenvalue weighted by Crippen LogP contribution is 2.20. The smallest absolute Gasteiger partial charge is 0.205 e. The Labute approximate surface area is 171 Å². The van der Waals surface area contributed by atoms with Crippen LogP contribution in [0, 0.1) is 0 Å². The van der Waals surface area contributed by atoms with Crippen molar-refractivity contribution in [3.05, 3.63) is 29.7 Å². The monoisotopic (exact) mass is 402 g/mol. The van der Waals surface area contributed by atoms with Gasteiger partial charge in [0, 0.05) is 76.5 Å². The third-order valence-electron chi connectivity index (χ3n) is 4.65. The second kappa shape index (κ2) is 9.68. The zero-order chi connectivity index (χ0) is 19.9. The molecule has 1 aliphatic rings. The first-order valence-electron chi connectivity index (χ1n) is 9.84. The second-order valence-corrected chi connectivity index (χ2v) is 7.60. The number of piperazine rings is 1. The lowest BCUT2D eigenvalue weighted by Gasteiger charge is -2.36. The Morgan fingerprint density at radius 2 is 2.04 bits per heavy atom. The molecule has 1 aliphatic heterocycles. The molecule has 1 N–H and O–H groups in total. The Kier molecular flexibility index (Phi) is 7.02. The summed E-state index contributed by atoms with van der Waals surface area (Å²) in [6.07, 6.45) is 2.71. The molecular weight excluding hydrogens is 372 g/mol. The predicted molar refractivity (Wildman–Crippen MR) is 116 cm³/mol. The van der Waals surface area contributed by atoms with Gasteiger partial charge in [0.25, 0.3) is 0 Å². The van der Waals surface area contributed by atoms with E-state index in [1.54, 1.807) is 0 Å². The number of anilines is 2. The van der Waals surface area contributed by atoms with E-state index in [4.69, 9.17) is 4.99 Å². The van der Waals surface area contributed by atoms with Gasteiger partial charge in [0.05, 0.1) is 6.54 Å². The molecule has 3 rings (SSSR count). The molecular formula is C19H30N8S. The number of guanidine groups is 1. The van der Waals surface area contributed by atoms with Crippen molar-refractivity contribution in [1.29, 1.82) is 0 Å². The van der Waals surface area contributed by atoms with Crippen LogP contribution in [0.5, 0.6) is 0 Å². The molecule has 0 saturated carbocycles. The first-order chi connectivity index (χ1) is 13.6. The summed E-state index contributed by atoms with van der Waals surface area (Å²) < 4.78 is 4.41. The highest BCUT2D eigenvalue weighted by molar-refractivity contribution is 7.09. The van der Waals surface area contributed by atoms with Gasteiger partial charge in [0.1, 0.15) is 11.6 Å². The third kappa shape index (κ3) is 4.89. The molecule has 1 saturated heterocycles. The van der Waals surface area contributed by atoms with Gasteiger partial charge in [-0.2, -0.15) is 4.37 Å². The fraction of sp³-hybridized carbons (Fsp3) is 0.579. The number of aromatic nitrogens is 3. The summed E-state index contributed by atoms with van der Waals surface area (Å²) >= 11 is 1.50. The Hall–Kier alpha value is -2.42. The highest BCUT2D eigenvalue weighted by Gasteiger charge is 2.22. The third-order valence-corrected chi connectivity index (χ3v) is 5.46. The van der Waals surface area contributed by atoms with Crippen molar-refractivity contribution < 1.29 is 0 Å². The predicted octanol–water partition coefficient (Wildman–Crippen LogP) is 1.85. The van der Waals surface area contributed by atoms with Gasteiger partial charge in [-0.1, -0.05) is 13.0 Å². The minimum Gasteiger partial charge on any atom is -0.362 e. The molecule has 0 atom stereocenters. The average molecular weight is 403 g/mol. The molecule has 28 heavy (non-hydrogen) atoms. The molecule has 0 spiro atoms. The van der Waals surface area contributed by atoms with E-state index in [9.17, 15) is 0 Å². The number of hydrogen-bond acceptors (Lipinski definition) is 7. The summed E-state index contributed by atoms with van der Waals surface area (Å²) in [5, 5.41) is 4.47. The molecule has 2 aromatic heterocycles. The largest absolute Gasteiger partial charge is 0.362 e. The standard InChI is InChI=1S/C19H30N8S/c1-5-16-23-19(28-24-16)27-12-10-26(11-13-27)18(20-6-2)22-14-15-8-7-9-21-17(15)25(3)4/h7-9H,5-6,10-14H2,1-4H3,(H,20,22). The molecule has 8 nitrogen and oxygen atoms in total. The van der Waals surface area contributed by atoms with Crippen molar-refractivity contribution in [2.75, 3.05) is 56.6 Å². The Morgan fingerprint density at radius 3 is 2.68 bits per heavy atom.